The first kappa shape index (κ1) is 10.2. The molecule has 0 saturated carbocycles. The fraction of sp³-hybridized carbons (Fsp3) is 0.500. The van der Waals surface area contributed by atoms with Crippen molar-refractivity contribution in [1.82, 2.24) is 4.98 Å². The Balaban J connectivity index is 2.35. The zero-order chi connectivity index (χ0) is 9.52. The van der Waals surface area contributed by atoms with Crippen LogP contribution in [0.2, 0.25) is 0 Å². The summed E-state index contributed by atoms with van der Waals surface area (Å²) in [5, 5.41) is 9.58. The van der Waals surface area contributed by atoms with E-state index in [4.69, 9.17) is 4.74 Å². The van der Waals surface area contributed by atoms with Crippen LogP contribution in [0.15, 0.2) is 24.5 Å². The van der Waals surface area contributed by atoms with Gasteiger partial charge in [0, 0.05) is 24.6 Å². The summed E-state index contributed by atoms with van der Waals surface area (Å²) in [7, 11) is 0. The Bertz CT molecular complexity index is 226. The van der Waals surface area contributed by atoms with Crippen LogP contribution in [0.1, 0.15) is 25.0 Å². The Morgan fingerprint density at radius 3 is 3.08 bits per heavy atom. The van der Waals surface area contributed by atoms with Crippen molar-refractivity contribution in [3.63, 3.8) is 0 Å². The molecule has 0 radical (unpaired) electrons. The maximum absolute atomic E-state index is 9.58. The molecule has 1 N–H and O–H groups in total. The van der Waals surface area contributed by atoms with Gasteiger partial charge in [-0.05, 0) is 12.5 Å². The second-order valence-corrected chi connectivity index (χ2v) is 2.88. The molecule has 0 aliphatic heterocycles. The van der Waals surface area contributed by atoms with Crippen molar-refractivity contribution < 1.29 is 9.84 Å². The van der Waals surface area contributed by atoms with E-state index < -0.39 is 6.10 Å². The summed E-state index contributed by atoms with van der Waals surface area (Å²) in [6.07, 6.45) is 3.75. The molecule has 1 aromatic rings. The highest BCUT2D eigenvalue weighted by Gasteiger charge is 2.06. The molecule has 1 rings (SSSR count). The van der Waals surface area contributed by atoms with Gasteiger partial charge in [0.15, 0.2) is 0 Å². The standard InChI is InChI=1S/C10H15NO2/c1-2-6-13-8-10(12)9-4-3-5-11-7-9/h3-5,7,10,12H,2,6,8H2,1H3. The topological polar surface area (TPSA) is 42.4 Å². The van der Waals surface area contributed by atoms with Gasteiger partial charge in [-0.3, -0.25) is 4.98 Å². The maximum atomic E-state index is 9.58. The van der Waals surface area contributed by atoms with Gasteiger partial charge in [-0.2, -0.15) is 0 Å². The van der Waals surface area contributed by atoms with E-state index in [1.54, 1.807) is 18.5 Å². The van der Waals surface area contributed by atoms with Gasteiger partial charge in [0.05, 0.1) is 6.61 Å². The highest BCUT2D eigenvalue weighted by atomic mass is 16.5. The SMILES string of the molecule is CCCOCC(O)c1cccnc1. The number of aliphatic hydroxyl groups excluding tert-OH is 1. The molecule has 1 aromatic heterocycles. The quantitative estimate of drug-likeness (QED) is 0.701. The van der Waals surface area contributed by atoms with Gasteiger partial charge in [-0.15, -0.1) is 0 Å². The van der Waals surface area contributed by atoms with E-state index in [1.807, 2.05) is 13.0 Å². The van der Waals surface area contributed by atoms with Crippen molar-refractivity contribution in [1.29, 1.82) is 0 Å². The molecule has 1 atom stereocenters. The highest BCUT2D eigenvalue weighted by Crippen LogP contribution is 2.10. The number of aliphatic hydroxyl groups is 1. The van der Waals surface area contributed by atoms with Gasteiger partial charge in [0.25, 0.3) is 0 Å². The molecule has 13 heavy (non-hydrogen) atoms. The lowest BCUT2D eigenvalue weighted by Gasteiger charge is -2.10. The Kier molecular flexibility index (Phi) is 4.43. The number of aromatic nitrogens is 1. The molecule has 0 aliphatic carbocycles. The average Bonchev–Trinajstić information content (AvgIpc) is 2.19. The average molecular weight is 181 g/mol. The molecule has 0 aromatic carbocycles. The lowest BCUT2D eigenvalue weighted by Crippen LogP contribution is -2.07. The third-order valence-electron chi connectivity index (χ3n) is 1.69. The molecule has 0 fully saturated rings. The van der Waals surface area contributed by atoms with Gasteiger partial charge < -0.3 is 9.84 Å². The van der Waals surface area contributed by atoms with E-state index in [-0.39, 0.29) is 0 Å². The molecular weight excluding hydrogens is 166 g/mol. The first-order valence-corrected chi connectivity index (χ1v) is 4.50. The predicted molar refractivity (Wildman–Crippen MR) is 50.3 cm³/mol. The van der Waals surface area contributed by atoms with Crippen molar-refractivity contribution in [3.8, 4) is 0 Å². The maximum Gasteiger partial charge on any atom is 0.104 e. The Labute approximate surface area is 78.4 Å². The third kappa shape index (κ3) is 3.53. The fourth-order valence-electron chi connectivity index (χ4n) is 1.01. The number of hydrogen-bond acceptors (Lipinski definition) is 3. The summed E-state index contributed by atoms with van der Waals surface area (Å²) in [6, 6.07) is 3.64. The molecule has 0 saturated heterocycles. The van der Waals surface area contributed by atoms with E-state index >= 15 is 0 Å². The van der Waals surface area contributed by atoms with Gasteiger partial charge >= 0.3 is 0 Å². The minimum atomic E-state index is -0.555. The third-order valence-corrected chi connectivity index (χ3v) is 1.69. The molecule has 0 bridgehead atoms. The Morgan fingerprint density at radius 2 is 2.46 bits per heavy atom. The zero-order valence-corrected chi connectivity index (χ0v) is 7.81. The largest absolute Gasteiger partial charge is 0.386 e. The normalized spacial score (nSPS) is 12.8. The molecular formula is C10H15NO2. The molecule has 72 valence electrons. The molecule has 0 spiro atoms. The predicted octanol–water partition coefficient (Wildman–Crippen LogP) is 1.54. The Hall–Kier alpha value is -0.930. The number of hydrogen-bond donors (Lipinski definition) is 1. The van der Waals surface area contributed by atoms with E-state index in [1.165, 1.54) is 0 Å². The molecule has 1 heterocycles. The number of pyridine rings is 1. The Morgan fingerprint density at radius 1 is 1.62 bits per heavy atom. The summed E-state index contributed by atoms with van der Waals surface area (Å²) in [4.78, 5) is 3.92. The van der Waals surface area contributed by atoms with Gasteiger partial charge in [0.1, 0.15) is 6.10 Å². The first-order chi connectivity index (χ1) is 6.34. The van der Waals surface area contributed by atoms with Gasteiger partial charge in [-0.1, -0.05) is 13.0 Å². The second kappa shape index (κ2) is 5.67. The van der Waals surface area contributed by atoms with Crippen molar-refractivity contribution >= 4 is 0 Å². The van der Waals surface area contributed by atoms with Crippen LogP contribution in [0.5, 0.6) is 0 Å². The number of rotatable bonds is 5. The van der Waals surface area contributed by atoms with Crippen LogP contribution >= 0.6 is 0 Å². The lowest BCUT2D eigenvalue weighted by atomic mass is 10.2. The summed E-state index contributed by atoms with van der Waals surface area (Å²) in [5.74, 6) is 0. The minimum Gasteiger partial charge on any atom is -0.386 e. The fourth-order valence-corrected chi connectivity index (χ4v) is 1.01. The zero-order valence-electron chi connectivity index (χ0n) is 7.81. The molecule has 3 nitrogen and oxygen atoms in total. The summed E-state index contributed by atoms with van der Waals surface area (Å²) in [5.41, 5.74) is 0.804. The lowest BCUT2D eigenvalue weighted by molar-refractivity contribution is 0.0362. The van der Waals surface area contributed by atoms with Crippen LogP contribution in [-0.2, 0) is 4.74 Å². The summed E-state index contributed by atoms with van der Waals surface area (Å²) in [6.45, 7) is 3.08. The van der Waals surface area contributed by atoms with E-state index in [9.17, 15) is 5.11 Å². The molecule has 3 heteroatoms. The van der Waals surface area contributed by atoms with Crippen molar-refractivity contribution in [2.75, 3.05) is 13.2 Å². The molecule has 0 amide bonds. The van der Waals surface area contributed by atoms with Crippen LogP contribution in [-0.4, -0.2) is 23.3 Å². The smallest absolute Gasteiger partial charge is 0.104 e. The van der Waals surface area contributed by atoms with Crippen LogP contribution < -0.4 is 0 Å². The minimum absolute atomic E-state index is 0.347. The summed E-state index contributed by atoms with van der Waals surface area (Å²) >= 11 is 0. The van der Waals surface area contributed by atoms with Gasteiger partial charge in [-0.25, -0.2) is 0 Å². The monoisotopic (exact) mass is 181 g/mol. The highest BCUT2D eigenvalue weighted by molar-refractivity contribution is 5.11. The van der Waals surface area contributed by atoms with Crippen LogP contribution in [0.3, 0.4) is 0 Å². The van der Waals surface area contributed by atoms with Crippen molar-refractivity contribution in [2.24, 2.45) is 0 Å². The first-order valence-electron chi connectivity index (χ1n) is 4.50. The van der Waals surface area contributed by atoms with Crippen LogP contribution in [0, 0.1) is 0 Å². The second-order valence-electron chi connectivity index (χ2n) is 2.88. The van der Waals surface area contributed by atoms with Crippen LogP contribution in [0.4, 0.5) is 0 Å². The van der Waals surface area contributed by atoms with E-state index in [0.717, 1.165) is 12.0 Å². The number of ether oxygens (including phenoxy) is 1. The van der Waals surface area contributed by atoms with Crippen molar-refractivity contribution in [3.05, 3.63) is 30.1 Å². The molecule has 1 unspecified atom stereocenters. The van der Waals surface area contributed by atoms with Gasteiger partial charge in [0.2, 0.25) is 0 Å². The van der Waals surface area contributed by atoms with E-state index in [2.05, 4.69) is 4.98 Å². The number of nitrogens with zero attached hydrogens (tertiary/aromatic N) is 1. The summed E-state index contributed by atoms with van der Waals surface area (Å²) < 4.78 is 5.22. The van der Waals surface area contributed by atoms with E-state index in [0.29, 0.717) is 13.2 Å². The van der Waals surface area contributed by atoms with Crippen LogP contribution in [0.25, 0.3) is 0 Å². The molecule has 0 aliphatic rings. The van der Waals surface area contributed by atoms with Crippen molar-refractivity contribution in [2.45, 2.75) is 19.4 Å².